The van der Waals surface area contributed by atoms with Crippen LogP contribution in [-0.2, 0) is 5.41 Å². The average molecular weight is 404 g/mol. The maximum Gasteiger partial charge on any atom is 0.225 e. The van der Waals surface area contributed by atoms with Crippen molar-refractivity contribution in [2.45, 2.75) is 39.2 Å². The molecular weight excluding hydrogens is 379 g/mol. The van der Waals surface area contributed by atoms with E-state index in [9.17, 15) is 4.39 Å². The van der Waals surface area contributed by atoms with Crippen LogP contribution in [0, 0.1) is 5.82 Å². The summed E-state index contributed by atoms with van der Waals surface area (Å²) < 4.78 is 13.2. The molecule has 4 rings (SSSR count). The maximum atomic E-state index is 13.2. The number of nitrogens with zero attached hydrogens (tertiary/aromatic N) is 3. The number of hydrogen-bond donors (Lipinski definition) is 3. The summed E-state index contributed by atoms with van der Waals surface area (Å²) in [6.45, 7) is 8.37. The molecule has 154 valence electrons. The zero-order valence-electron chi connectivity index (χ0n) is 17.5. The molecule has 0 saturated carbocycles. The van der Waals surface area contributed by atoms with Crippen LogP contribution in [0.1, 0.15) is 45.0 Å². The number of benzene rings is 2. The van der Waals surface area contributed by atoms with Crippen molar-refractivity contribution >= 4 is 28.5 Å². The minimum Gasteiger partial charge on any atom is -0.348 e. The Bertz CT molecular complexity index is 1160. The van der Waals surface area contributed by atoms with Gasteiger partial charge < -0.3 is 10.6 Å². The van der Waals surface area contributed by atoms with Crippen LogP contribution < -0.4 is 10.6 Å². The fourth-order valence-corrected chi connectivity index (χ4v) is 3.16. The summed E-state index contributed by atoms with van der Waals surface area (Å²) in [4.78, 5) is 9.33. The molecular formula is C23H25FN6. The van der Waals surface area contributed by atoms with Crippen molar-refractivity contribution in [3.05, 3.63) is 71.7 Å². The first-order chi connectivity index (χ1) is 14.3. The van der Waals surface area contributed by atoms with E-state index in [4.69, 9.17) is 0 Å². The molecule has 3 N–H and O–H groups in total. The van der Waals surface area contributed by atoms with E-state index in [0.29, 0.717) is 17.6 Å². The van der Waals surface area contributed by atoms with E-state index >= 15 is 0 Å². The predicted molar refractivity (Wildman–Crippen MR) is 119 cm³/mol. The normalized spacial score (nSPS) is 12.7. The molecule has 0 aliphatic carbocycles. The number of nitrogens with one attached hydrogen (secondary N) is 3. The summed E-state index contributed by atoms with van der Waals surface area (Å²) in [5.41, 5.74) is 2.77. The van der Waals surface area contributed by atoms with E-state index in [1.165, 1.54) is 12.1 Å². The van der Waals surface area contributed by atoms with Crippen LogP contribution in [0.5, 0.6) is 0 Å². The molecule has 2 heterocycles. The first-order valence-electron chi connectivity index (χ1n) is 9.91. The van der Waals surface area contributed by atoms with Crippen molar-refractivity contribution in [1.82, 2.24) is 20.2 Å². The monoisotopic (exact) mass is 404 g/mol. The van der Waals surface area contributed by atoms with E-state index in [1.54, 1.807) is 12.1 Å². The number of para-hydroxylation sites is 1. The number of anilines is 3. The van der Waals surface area contributed by atoms with Crippen molar-refractivity contribution in [3.8, 4) is 0 Å². The second kappa shape index (κ2) is 7.74. The van der Waals surface area contributed by atoms with Crippen molar-refractivity contribution in [3.63, 3.8) is 0 Å². The Morgan fingerprint density at radius 2 is 1.73 bits per heavy atom. The van der Waals surface area contributed by atoms with Crippen molar-refractivity contribution < 1.29 is 4.39 Å². The lowest BCUT2D eigenvalue weighted by Crippen LogP contribution is -2.11. The second-order valence-corrected chi connectivity index (χ2v) is 8.37. The first kappa shape index (κ1) is 19.8. The van der Waals surface area contributed by atoms with Crippen LogP contribution in [0.4, 0.5) is 22.0 Å². The number of hydrogen-bond acceptors (Lipinski definition) is 5. The lowest BCUT2D eigenvalue weighted by molar-refractivity contribution is 0.567. The van der Waals surface area contributed by atoms with Crippen LogP contribution in [0.25, 0.3) is 10.9 Å². The van der Waals surface area contributed by atoms with Crippen LogP contribution in [-0.4, -0.2) is 20.2 Å². The fraction of sp³-hybridized carbons (Fsp3) is 0.261. The fourth-order valence-electron chi connectivity index (χ4n) is 3.16. The molecule has 4 aromatic rings. The van der Waals surface area contributed by atoms with Gasteiger partial charge in [0.05, 0.1) is 11.6 Å². The molecule has 0 saturated heterocycles. The minimum atomic E-state index is -0.256. The molecule has 0 amide bonds. The van der Waals surface area contributed by atoms with Gasteiger partial charge in [-0.15, -0.1) is 0 Å². The highest BCUT2D eigenvalue weighted by Crippen LogP contribution is 2.28. The highest BCUT2D eigenvalue weighted by molar-refractivity contribution is 5.91. The van der Waals surface area contributed by atoms with Crippen LogP contribution in [0.2, 0.25) is 0 Å². The molecule has 0 bridgehead atoms. The number of aromatic nitrogens is 4. The second-order valence-electron chi connectivity index (χ2n) is 8.37. The summed E-state index contributed by atoms with van der Waals surface area (Å²) in [5, 5.41) is 15.0. The van der Waals surface area contributed by atoms with Crippen molar-refractivity contribution in [2.24, 2.45) is 0 Å². The third kappa shape index (κ3) is 4.25. The summed E-state index contributed by atoms with van der Waals surface area (Å²) in [7, 11) is 0. The minimum absolute atomic E-state index is 0.0298. The Hall–Kier alpha value is -3.48. The molecule has 30 heavy (non-hydrogen) atoms. The maximum absolute atomic E-state index is 13.2. The molecule has 7 heteroatoms. The van der Waals surface area contributed by atoms with Gasteiger partial charge in [-0.3, -0.25) is 5.10 Å². The molecule has 0 spiro atoms. The van der Waals surface area contributed by atoms with Gasteiger partial charge >= 0.3 is 0 Å². The molecule has 0 aliphatic rings. The van der Waals surface area contributed by atoms with E-state index in [1.807, 2.05) is 37.3 Å². The van der Waals surface area contributed by atoms with Gasteiger partial charge in [0.15, 0.2) is 5.82 Å². The lowest BCUT2D eigenvalue weighted by atomic mass is 9.92. The largest absolute Gasteiger partial charge is 0.348 e. The molecule has 0 aliphatic heterocycles. The van der Waals surface area contributed by atoms with E-state index < -0.39 is 0 Å². The highest BCUT2D eigenvalue weighted by Gasteiger charge is 2.18. The molecule has 0 radical (unpaired) electrons. The Kier molecular flexibility index (Phi) is 5.11. The molecule has 2 aromatic heterocycles. The number of aromatic amines is 1. The lowest BCUT2D eigenvalue weighted by Gasteiger charge is -2.16. The van der Waals surface area contributed by atoms with Crippen LogP contribution >= 0.6 is 0 Å². The smallest absolute Gasteiger partial charge is 0.225 e. The standard InChI is InChI=1S/C23H25FN6/c1-14(15-9-11-16(24)12-10-15)25-22-26-18-8-6-5-7-17(18)21(28-22)27-20-13-19(29-30-20)23(2,3)4/h5-14H,1-4H3,(H3,25,26,27,28,29,30)/t14-/m0/s1. The summed E-state index contributed by atoms with van der Waals surface area (Å²) in [6.07, 6.45) is 0. The van der Waals surface area contributed by atoms with Gasteiger partial charge in [-0.2, -0.15) is 10.1 Å². The zero-order valence-corrected chi connectivity index (χ0v) is 17.5. The van der Waals surface area contributed by atoms with Gasteiger partial charge in [0.2, 0.25) is 5.95 Å². The Labute approximate surface area is 175 Å². The molecule has 2 aromatic carbocycles. The molecule has 1 atom stereocenters. The molecule has 0 fully saturated rings. The van der Waals surface area contributed by atoms with Gasteiger partial charge in [-0.25, -0.2) is 9.37 Å². The number of H-pyrrole nitrogens is 1. The van der Waals surface area contributed by atoms with Gasteiger partial charge in [0.25, 0.3) is 0 Å². The highest BCUT2D eigenvalue weighted by atomic mass is 19.1. The summed E-state index contributed by atoms with van der Waals surface area (Å²) in [6, 6.07) is 16.1. The van der Waals surface area contributed by atoms with Crippen LogP contribution in [0.15, 0.2) is 54.6 Å². The van der Waals surface area contributed by atoms with E-state index in [0.717, 1.165) is 22.2 Å². The quantitative estimate of drug-likeness (QED) is 0.397. The molecule has 6 nitrogen and oxygen atoms in total. The third-order valence-corrected chi connectivity index (χ3v) is 4.95. The SMILES string of the molecule is C[C@H](Nc1nc(Nc2cc(C(C)(C)C)[nH]n2)c2ccccc2n1)c1ccc(F)cc1. The predicted octanol–water partition coefficient (Wildman–Crippen LogP) is 5.71. The van der Waals surface area contributed by atoms with Crippen molar-refractivity contribution in [2.75, 3.05) is 10.6 Å². The summed E-state index contributed by atoms with van der Waals surface area (Å²) >= 11 is 0. The van der Waals surface area contributed by atoms with Gasteiger partial charge in [0.1, 0.15) is 11.6 Å². The third-order valence-electron chi connectivity index (χ3n) is 4.95. The van der Waals surface area contributed by atoms with Crippen LogP contribution in [0.3, 0.4) is 0 Å². The summed E-state index contributed by atoms with van der Waals surface area (Å²) in [5.74, 6) is 1.59. The average Bonchev–Trinajstić information content (AvgIpc) is 3.17. The first-order valence-corrected chi connectivity index (χ1v) is 9.91. The van der Waals surface area contributed by atoms with Gasteiger partial charge in [0, 0.05) is 22.6 Å². The Morgan fingerprint density at radius 1 is 1.00 bits per heavy atom. The Balaban J connectivity index is 1.65. The Morgan fingerprint density at radius 3 is 2.43 bits per heavy atom. The van der Waals surface area contributed by atoms with Gasteiger partial charge in [-0.1, -0.05) is 45.0 Å². The number of rotatable bonds is 5. The number of halogens is 1. The van der Waals surface area contributed by atoms with E-state index in [-0.39, 0.29) is 17.3 Å². The zero-order chi connectivity index (χ0) is 21.3. The van der Waals surface area contributed by atoms with Crippen molar-refractivity contribution in [1.29, 1.82) is 0 Å². The number of fused-ring (bicyclic) bond motifs is 1. The molecule has 0 unspecified atom stereocenters. The topological polar surface area (TPSA) is 78.5 Å². The van der Waals surface area contributed by atoms with Gasteiger partial charge in [-0.05, 0) is 36.8 Å². The van der Waals surface area contributed by atoms with E-state index in [2.05, 4.69) is 51.6 Å².